The van der Waals surface area contributed by atoms with Crippen LogP contribution in [0.15, 0.2) is 24.3 Å². The number of carbonyl (C=O) groups excluding carboxylic acids is 1. The van der Waals surface area contributed by atoms with Crippen LogP contribution in [0.3, 0.4) is 0 Å². The first-order chi connectivity index (χ1) is 7.39. The highest BCUT2D eigenvalue weighted by molar-refractivity contribution is 5.73. The van der Waals surface area contributed by atoms with E-state index in [1.807, 2.05) is 12.1 Å². The molecular formula is C14H17O2-. The maximum atomic E-state index is 10.7. The van der Waals surface area contributed by atoms with Gasteiger partial charge >= 0.3 is 0 Å². The predicted octanol–water partition coefficient (Wildman–Crippen LogP) is 1.84. The van der Waals surface area contributed by atoms with E-state index in [9.17, 15) is 9.90 Å². The quantitative estimate of drug-likeness (QED) is 0.758. The third kappa shape index (κ3) is 2.11. The number of carboxylic acid groups (broad SMARTS) is 1. The molecule has 2 nitrogen and oxygen atoms in total. The minimum absolute atomic E-state index is 0.149. The largest absolute Gasteiger partial charge is 0.550 e. The lowest BCUT2D eigenvalue weighted by Crippen LogP contribution is -2.24. The number of carbonyl (C=O) groups is 1. The molecule has 1 fully saturated rings. The number of carboxylic acids is 1. The molecule has 0 aromatic heterocycles. The summed E-state index contributed by atoms with van der Waals surface area (Å²) in [5, 5.41) is 10.7. The van der Waals surface area contributed by atoms with Gasteiger partial charge in [-0.05, 0) is 28.9 Å². The molecule has 0 bridgehead atoms. The van der Waals surface area contributed by atoms with Crippen LogP contribution < -0.4 is 5.11 Å². The summed E-state index contributed by atoms with van der Waals surface area (Å²) in [6.07, 6.45) is 0.733. The summed E-state index contributed by atoms with van der Waals surface area (Å²) in [6.45, 7) is 6.51. The highest BCUT2D eigenvalue weighted by Crippen LogP contribution is 2.47. The zero-order valence-corrected chi connectivity index (χ0v) is 9.99. The van der Waals surface area contributed by atoms with Gasteiger partial charge < -0.3 is 9.90 Å². The lowest BCUT2D eigenvalue weighted by Gasteiger charge is -2.19. The Labute approximate surface area is 96.3 Å². The Bertz CT molecular complexity index is 398. The zero-order chi connectivity index (χ0) is 11.9. The van der Waals surface area contributed by atoms with Crippen LogP contribution in [0.2, 0.25) is 0 Å². The van der Waals surface area contributed by atoms with Gasteiger partial charge in [0.15, 0.2) is 0 Å². The monoisotopic (exact) mass is 217 g/mol. The molecule has 0 amide bonds. The van der Waals surface area contributed by atoms with Crippen LogP contribution >= 0.6 is 0 Å². The fourth-order valence-corrected chi connectivity index (χ4v) is 2.05. The first kappa shape index (κ1) is 11.2. The second-order valence-corrected chi connectivity index (χ2v) is 5.64. The summed E-state index contributed by atoms with van der Waals surface area (Å²) >= 11 is 0. The van der Waals surface area contributed by atoms with E-state index in [0.29, 0.717) is 0 Å². The summed E-state index contributed by atoms with van der Waals surface area (Å²) in [5.41, 5.74) is 2.56. The molecule has 1 aromatic carbocycles. The Morgan fingerprint density at radius 2 is 1.81 bits per heavy atom. The minimum atomic E-state index is -0.912. The van der Waals surface area contributed by atoms with Gasteiger partial charge in [0, 0.05) is 11.9 Å². The molecule has 1 aliphatic rings. The highest BCUT2D eigenvalue weighted by Gasteiger charge is 2.39. The van der Waals surface area contributed by atoms with E-state index in [1.165, 1.54) is 5.56 Å². The summed E-state index contributed by atoms with van der Waals surface area (Å²) in [7, 11) is 0. The van der Waals surface area contributed by atoms with Gasteiger partial charge in [0.05, 0.1) is 0 Å². The third-order valence-electron chi connectivity index (χ3n) is 3.30. The fraction of sp³-hybridized carbons (Fsp3) is 0.500. The number of hydrogen-bond donors (Lipinski definition) is 0. The topological polar surface area (TPSA) is 40.1 Å². The molecule has 0 heterocycles. The third-order valence-corrected chi connectivity index (χ3v) is 3.30. The highest BCUT2D eigenvalue weighted by atomic mass is 16.4. The fourth-order valence-electron chi connectivity index (χ4n) is 2.05. The zero-order valence-electron chi connectivity index (χ0n) is 9.99. The average molecular weight is 217 g/mol. The van der Waals surface area contributed by atoms with E-state index in [1.54, 1.807) is 0 Å². The van der Waals surface area contributed by atoms with Gasteiger partial charge in [-0.3, -0.25) is 0 Å². The van der Waals surface area contributed by atoms with Crippen LogP contribution in [0.1, 0.15) is 44.2 Å². The van der Waals surface area contributed by atoms with Crippen molar-refractivity contribution in [2.24, 2.45) is 5.92 Å². The molecular weight excluding hydrogens is 200 g/mol. The SMILES string of the molecule is CC(C)(C)c1ccc([C@H]2C[C@@H]2C(=O)[O-])cc1. The van der Waals surface area contributed by atoms with E-state index < -0.39 is 5.97 Å². The maximum absolute atomic E-state index is 10.7. The molecule has 0 saturated heterocycles. The van der Waals surface area contributed by atoms with Gasteiger partial charge in [0.2, 0.25) is 0 Å². The molecule has 0 aliphatic heterocycles. The molecule has 2 rings (SSSR count). The molecule has 1 saturated carbocycles. The van der Waals surface area contributed by atoms with Gasteiger partial charge in [0.25, 0.3) is 0 Å². The number of hydrogen-bond acceptors (Lipinski definition) is 2. The first-order valence-corrected chi connectivity index (χ1v) is 5.71. The van der Waals surface area contributed by atoms with Crippen molar-refractivity contribution in [3.05, 3.63) is 35.4 Å². The molecule has 0 N–H and O–H groups in total. The van der Waals surface area contributed by atoms with Gasteiger partial charge in [-0.25, -0.2) is 0 Å². The Balaban J connectivity index is 2.13. The normalized spacial score (nSPS) is 24.2. The summed E-state index contributed by atoms with van der Waals surface area (Å²) in [4.78, 5) is 10.7. The van der Waals surface area contributed by atoms with Crippen LogP contribution in [0.25, 0.3) is 0 Å². The number of rotatable bonds is 2. The molecule has 0 spiro atoms. The van der Waals surface area contributed by atoms with Crippen molar-refractivity contribution < 1.29 is 9.90 Å². The molecule has 86 valence electrons. The van der Waals surface area contributed by atoms with E-state index in [2.05, 4.69) is 32.9 Å². The van der Waals surface area contributed by atoms with E-state index in [4.69, 9.17) is 0 Å². The van der Waals surface area contributed by atoms with Gasteiger partial charge in [0.1, 0.15) is 0 Å². The summed E-state index contributed by atoms with van der Waals surface area (Å²) in [6, 6.07) is 8.29. The second-order valence-electron chi connectivity index (χ2n) is 5.64. The first-order valence-electron chi connectivity index (χ1n) is 5.71. The lowest BCUT2D eigenvalue weighted by molar-refractivity contribution is -0.308. The smallest absolute Gasteiger partial charge is 0.0451 e. The average Bonchev–Trinajstić information content (AvgIpc) is 2.96. The van der Waals surface area contributed by atoms with Crippen molar-refractivity contribution in [3.63, 3.8) is 0 Å². The maximum Gasteiger partial charge on any atom is 0.0451 e. The predicted molar refractivity (Wildman–Crippen MR) is 61.0 cm³/mol. The van der Waals surface area contributed by atoms with Crippen LogP contribution in [-0.4, -0.2) is 5.97 Å². The Morgan fingerprint density at radius 3 is 2.19 bits per heavy atom. The molecule has 2 heteroatoms. The van der Waals surface area contributed by atoms with E-state index >= 15 is 0 Å². The molecule has 1 aliphatic carbocycles. The van der Waals surface area contributed by atoms with Crippen LogP contribution in [0.5, 0.6) is 0 Å². The van der Waals surface area contributed by atoms with Crippen molar-refractivity contribution in [1.29, 1.82) is 0 Å². The van der Waals surface area contributed by atoms with Crippen molar-refractivity contribution >= 4 is 5.97 Å². The molecule has 16 heavy (non-hydrogen) atoms. The van der Waals surface area contributed by atoms with Crippen LogP contribution in [0, 0.1) is 5.92 Å². The number of benzene rings is 1. The summed E-state index contributed by atoms with van der Waals surface area (Å²) < 4.78 is 0. The Morgan fingerprint density at radius 1 is 1.25 bits per heavy atom. The summed E-state index contributed by atoms with van der Waals surface area (Å²) in [5.74, 6) is -0.996. The van der Waals surface area contributed by atoms with Crippen LogP contribution in [0.4, 0.5) is 0 Å². The van der Waals surface area contributed by atoms with Crippen molar-refractivity contribution in [1.82, 2.24) is 0 Å². The molecule has 2 atom stereocenters. The standard InChI is InChI=1S/C14H18O2/c1-14(2,3)10-6-4-9(5-7-10)11-8-12(11)13(15)16/h4-7,11-12H,8H2,1-3H3,(H,15,16)/p-1/t11-,12+/m1/s1. The number of aliphatic carboxylic acids is 1. The second kappa shape index (κ2) is 3.62. The lowest BCUT2D eigenvalue weighted by atomic mass is 9.86. The van der Waals surface area contributed by atoms with E-state index in [-0.39, 0.29) is 17.3 Å². The Kier molecular flexibility index (Phi) is 2.53. The van der Waals surface area contributed by atoms with Crippen molar-refractivity contribution in [2.45, 2.75) is 38.5 Å². The molecule has 0 unspecified atom stereocenters. The molecule has 1 aromatic rings. The van der Waals surface area contributed by atoms with E-state index in [0.717, 1.165) is 12.0 Å². The van der Waals surface area contributed by atoms with Crippen molar-refractivity contribution in [2.75, 3.05) is 0 Å². The molecule has 0 radical (unpaired) electrons. The van der Waals surface area contributed by atoms with Gasteiger partial charge in [-0.15, -0.1) is 0 Å². The minimum Gasteiger partial charge on any atom is -0.550 e. The van der Waals surface area contributed by atoms with Crippen LogP contribution in [-0.2, 0) is 10.2 Å². The van der Waals surface area contributed by atoms with Gasteiger partial charge in [-0.2, -0.15) is 0 Å². The van der Waals surface area contributed by atoms with Gasteiger partial charge in [-0.1, -0.05) is 45.0 Å². The van der Waals surface area contributed by atoms with Crippen molar-refractivity contribution in [3.8, 4) is 0 Å². The Hall–Kier alpha value is -1.31.